The van der Waals surface area contributed by atoms with Crippen LogP contribution >= 0.6 is 0 Å². The zero-order chi connectivity index (χ0) is 20.8. The first-order valence-electron chi connectivity index (χ1n) is 8.77. The van der Waals surface area contributed by atoms with Gasteiger partial charge in [-0.3, -0.25) is 14.9 Å². The van der Waals surface area contributed by atoms with E-state index in [0.29, 0.717) is 29.2 Å². The standard InChI is InChI=1S/C22H17N3O4/c1-15-11-18(25(27)28)7-9-20(15)21-10-8-19(29-21)12-17(13-23)22(26)24-14-16-5-3-2-4-6-16/h2-12H,14H2,1H3,(H,24,26)/b17-12-. The number of nitro benzene ring substituents is 1. The van der Waals surface area contributed by atoms with Crippen molar-refractivity contribution in [2.75, 3.05) is 0 Å². The fourth-order valence-corrected chi connectivity index (χ4v) is 2.78. The zero-order valence-corrected chi connectivity index (χ0v) is 15.6. The molecule has 0 spiro atoms. The van der Waals surface area contributed by atoms with E-state index < -0.39 is 10.8 Å². The van der Waals surface area contributed by atoms with Gasteiger partial charge < -0.3 is 9.73 Å². The maximum Gasteiger partial charge on any atom is 0.269 e. The Hall–Kier alpha value is -4.18. The highest BCUT2D eigenvalue weighted by molar-refractivity contribution is 6.01. The molecule has 0 saturated carbocycles. The van der Waals surface area contributed by atoms with Crippen molar-refractivity contribution in [3.05, 3.63) is 93.2 Å². The smallest absolute Gasteiger partial charge is 0.269 e. The second kappa shape index (κ2) is 8.67. The Balaban J connectivity index is 1.76. The van der Waals surface area contributed by atoms with Crippen LogP contribution in [0, 0.1) is 28.4 Å². The van der Waals surface area contributed by atoms with Crippen LogP contribution < -0.4 is 5.32 Å². The summed E-state index contributed by atoms with van der Waals surface area (Å²) >= 11 is 0. The Kier molecular flexibility index (Phi) is 5.85. The number of carbonyl (C=O) groups excluding carboxylic acids is 1. The Morgan fingerprint density at radius 1 is 1.21 bits per heavy atom. The number of aryl methyl sites for hydroxylation is 1. The number of nitrogens with zero attached hydrogens (tertiary/aromatic N) is 2. The molecule has 3 rings (SSSR count). The van der Waals surface area contributed by atoms with Crippen LogP contribution in [0.2, 0.25) is 0 Å². The molecule has 3 aromatic rings. The van der Waals surface area contributed by atoms with E-state index in [1.807, 2.05) is 36.4 Å². The Labute approximate surface area is 167 Å². The van der Waals surface area contributed by atoms with Gasteiger partial charge in [0.15, 0.2) is 0 Å². The molecule has 0 bridgehead atoms. The predicted octanol–water partition coefficient (Wildman–Crippen LogP) is 4.39. The highest BCUT2D eigenvalue weighted by Crippen LogP contribution is 2.29. The number of non-ortho nitro benzene ring substituents is 1. The quantitative estimate of drug-likeness (QED) is 0.292. The molecule has 29 heavy (non-hydrogen) atoms. The number of amides is 1. The maximum atomic E-state index is 12.3. The number of hydrogen-bond acceptors (Lipinski definition) is 5. The molecule has 0 aliphatic rings. The largest absolute Gasteiger partial charge is 0.457 e. The van der Waals surface area contributed by atoms with Gasteiger partial charge in [0.25, 0.3) is 11.6 Å². The summed E-state index contributed by atoms with van der Waals surface area (Å²) in [5.41, 5.74) is 2.22. The van der Waals surface area contributed by atoms with E-state index >= 15 is 0 Å². The average molecular weight is 387 g/mol. The van der Waals surface area contributed by atoms with Gasteiger partial charge in [0, 0.05) is 30.3 Å². The summed E-state index contributed by atoms with van der Waals surface area (Å²) in [5.74, 6) is 0.329. The molecule has 1 aromatic heterocycles. The molecule has 1 heterocycles. The summed E-state index contributed by atoms with van der Waals surface area (Å²) in [6.07, 6.45) is 1.37. The van der Waals surface area contributed by atoms with Gasteiger partial charge in [-0.05, 0) is 36.2 Å². The Bertz CT molecular complexity index is 1120. The van der Waals surface area contributed by atoms with Crippen molar-refractivity contribution < 1.29 is 14.1 Å². The van der Waals surface area contributed by atoms with E-state index in [-0.39, 0.29) is 11.3 Å². The number of nitro groups is 1. The van der Waals surface area contributed by atoms with Gasteiger partial charge in [-0.2, -0.15) is 5.26 Å². The summed E-state index contributed by atoms with van der Waals surface area (Å²) in [4.78, 5) is 22.7. The molecule has 1 N–H and O–H groups in total. The van der Waals surface area contributed by atoms with Crippen molar-refractivity contribution in [2.45, 2.75) is 13.5 Å². The van der Waals surface area contributed by atoms with Gasteiger partial charge in [-0.25, -0.2) is 0 Å². The first kappa shape index (κ1) is 19.6. The Morgan fingerprint density at radius 2 is 1.97 bits per heavy atom. The van der Waals surface area contributed by atoms with Crippen LogP contribution in [0.5, 0.6) is 0 Å². The van der Waals surface area contributed by atoms with Gasteiger partial charge in [-0.1, -0.05) is 30.3 Å². The van der Waals surface area contributed by atoms with E-state index in [9.17, 15) is 20.2 Å². The highest BCUT2D eigenvalue weighted by Gasteiger charge is 2.14. The number of rotatable bonds is 6. The van der Waals surface area contributed by atoms with Crippen molar-refractivity contribution in [2.24, 2.45) is 0 Å². The molecule has 1 amide bonds. The monoisotopic (exact) mass is 387 g/mol. The SMILES string of the molecule is Cc1cc([N+](=O)[O-])ccc1-c1ccc(/C=C(/C#N)C(=O)NCc2ccccc2)o1. The lowest BCUT2D eigenvalue weighted by Gasteiger charge is -2.04. The Morgan fingerprint density at radius 3 is 2.62 bits per heavy atom. The molecule has 0 aliphatic carbocycles. The summed E-state index contributed by atoms with van der Waals surface area (Å²) in [6.45, 7) is 2.06. The minimum absolute atomic E-state index is 0.000204. The molecule has 0 saturated heterocycles. The molecular weight excluding hydrogens is 370 g/mol. The van der Waals surface area contributed by atoms with Gasteiger partial charge in [0.2, 0.25) is 0 Å². The molecule has 0 fully saturated rings. The van der Waals surface area contributed by atoms with Gasteiger partial charge >= 0.3 is 0 Å². The number of nitriles is 1. The fraction of sp³-hybridized carbons (Fsp3) is 0.0909. The first-order chi connectivity index (χ1) is 14.0. The lowest BCUT2D eigenvalue weighted by Crippen LogP contribution is -2.23. The molecule has 7 heteroatoms. The minimum Gasteiger partial charge on any atom is -0.457 e. The van der Waals surface area contributed by atoms with Crippen LogP contribution in [0.1, 0.15) is 16.9 Å². The lowest BCUT2D eigenvalue weighted by molar-refractivity contribution is -0.384. The minimum atomic E-state index is -0.499. The predicted molar refractivity (Wildman–Crippen MR) is 107 cm³/mol. The van der Waals surface area contributed by atoms with Crippen LogP contribution in [0.3, 0.4) is 0 Å². The molecule has 7 nitrogen and oxygen atoms in total. The van der Waals surface area contributed by atoms with Crippen LogP contribution in [0.25, 0.3) is 17.4 Å². The molecule has 0 atom stereocenters. The van der Waals surface area contributed by atoms with Gasteiger partial charge in [0.05, 0.1) is 4.92 Å². The summed E-state index contributed by atoms with van der Waals surface area (Å²) in [6, 6.07) is 19.1. The normalized spacial score (nSPS) is 11.0. The summed E-state index contributed by atoms with van der Waals surface area (Å²) in [7, 11) is 0. The van der Waals surface area contributed by atoms with E-state index in [1.165, 1.54) is 18.2 Å². The topological polar surface area (TPSA) is 109 Å². The zero-order valence-electron chi connectivity index (χ0n) is 15.6. The summed E-state index contributed by atoms with van der Waals surface area (Å²) < 4.78 is 5.72. The number of benzene rings is 2. The van der Waals surface area contributed by atoms with Crippen molar-refractivity contribution in [1.82, 2.24) is 5.32 Å². The highest BCUT2D eigenvalue weighted by atomic mass is 16.6. The fourth-order valence-electron chi connectivity index (χ4n) is 2.78. The van der Waals surface area contributed by atoms with Crippen LogP contribution in [-0.2, 0) is 11.3 Å². The number of furan rings is 1. The van der Waals surface area contributed by atoms with Crippen LogP contribution in [0.15, 0.2) is 70.7 Å². The third kappa shape index (κ3) is 4.76. The van der Waals surface area contributed by atoms with Crippen LogP contribution in [-0.4, -0.2) is 10.8 Å². The third-order valence-corrected chi connectivity index (χ3v) is 4.26. The van der Waals surface area contributed by atoms with Gasteiger partial charge in [0.1, 0.15) is 23.2 Å². The van der Waals surface area contributed by atoms with Gasteiger partial charge in [-0.15, -0.1) is 0 Å². The molecular formula is C22H17N3O4. The van der Waals surface area contributed by atoms with Crippen LogP contribution in [0.4, 0.5) is 5.69 Å². The molecule has 2 aromatic carbocycles. The average Bonchev–Trinajstić information content (AvgIpc) is 3.19. The molecule has 0 unspecified atom stereocenters. The number of nitrogens with one attached hydrogen (secondary N) is 1. The first-order valence-corrected chi connectivity index (χ1v) is 8.77. The van der Waals surface area contributed by atoms with E-state index in [4.69, 9.17) is 4.42 Å². The van der Waals surface area contributed by atoms with Crippen molar-refractivity contribution in [1.29, 1.82) is 5.26 Å². The van der Waals surface area contributed by atoms with E-state index in [2.05, 4.69) is 5.32 Å². The maximum absolute atomic E-state index is 12.3. The van der Waals surface area contributed by atoms with E-state index in [0.717, 1.165) is 5.56 Å². The van der Waals surface area contributed by atoms with Crippen molar-refractivity contribution >= 4 is 17.7 Å². The second-order valence-electron chi connectivity index (χ2n) is 6.30. The molecule has 144 valence electrons. The molecule has 0 radical (unpaired) electrons. The number of carbonyl (C=O) groups is 1. The van der Waals surface area contributed by atoms with E-state index in [1.54, 1.807) is 25.1 Å². The number of hydrogen-bond donors (Lipinski definition) is 1. The van der Waals surface area contributed by atoms with Crippen molar-refractivity contribution in [3.8, 4) is 17.4 Å². The second-order valence-corrected chi connectivity index (χ2v) is 6.30. The third-order valence-electron chi connectivity index (χ3n) is 4.26. The molecule has 0 aliphatic heterocycles. The lowest BCUT2D eigenvalue weighted by atomic mass is 10.1. The summed E-state index contributed by atoms with van der Waals surface area (Å²) in [5, 5.41) is 22.9. The van der Waals surface area contributed by atoms with Crippen molar-refractivity contribution in [3.63, 3.8) is 0 Å².